The van der Waals surface area contributed by atoms with E-state index in [9.17, 15) is 4.79 Å². The second-order valence-corrected chi connectivity index (χ2v) is 6.04. The molecule has 3 rings (SSSR count). The van der Waals surface area contributed by atoms with Gasteiger partial charge in [0.2, 0.25) is 5.91 Å². The maximum absolute atomic E-state index is 12.3. The Balaban J connectivity index is 1.59. The van der Waals surface area contributed by atoms with Crippen LogP contribution in [0, 0.1) is 19.8 Å². The molecule has 0 unspecified atom stereocenters. The van der Waals surface area contributed by atoms with Gasteiger partial charge in [0.25, 0.3) is 0 Å². The number of benzene rings is 1. The molecule has 1 saturated carbocycles. The molecule has 1 aliphatic rings. The molecule has 0 saturated heterocycles. The second kappa shape index (κ2) is 5.95. The van der Waals surface area contributed by atoms with E-state index in [1.165, 1.54) is 5.56 Å². The standard InChI is InChI=1S/C18H23N3O/c1-4-21-13(3)17(12(2)20-21)11-19-18(22)16-10-15(16)14-8-6-5-7-9-14/h5-9,15-16H,4,10-11H2,1-3H3,(H,19,22)/t15-,16-/m0/s1. The maximum atomic E-state index is 12.3. The Morgan fingerprint density at radius 1 is 1.32 bits per heavy atom. The number of carbonyl (C=O) groups is 1. The Kier molecular flexibility index (Phi) is 4.01. The minimum atomic E-state index is 0.129. The summed E-state index contributed by atoms with van der Waals surface area (Å²) >= 11 is 0. The summed E-state index contributed by atoms with van der Waals surface area (Å²) in [6, 6.07) is 10.3. The molecule has 1 amide bonds. The van der Waals surface area contributed by atoms with Gasteiger partial charge in [0.15, 0.2) is 0 Å². The van der Waals surface area contributed by atoms with Crippen molar-refractivity contribution < 1.29 is 4.79 Å². The summed E-state index contributed by atoms with van der Waals surface area (Å²) in [5.74, 6) is 0.683. The molecule has 2 aromatic rings. The fourth-order valence-electron chi connectivity index (χ4n) is 3.16. The van der Waals surface area contributed by atoms with Gasteiger partial charge in [-0.2, -0.15) is 5.10 Å². The largest absolute Gasteiger partial charge is 0.352 e. The van der Waals surface area contributed by atoms with Gasteiger partial charge in [0, 0.05) is 30.3 Å². The van der Waals surface area contributed by atoms with Crippen molar-refractivity contribution in [1.82, 2.24) is 15.1 Å². The Morgan fingerprint density at radius 2 is 2.05 bits per heavy atom. The maximum Gasteiger partial charge on any atom is 0.224 e. The van der Waals surface area contributed by atoms with Crippen molar-refractivity contribution in [2.24, 2.45) is 5.92 Å². The summed E-state index contributed by atoms with van der Waals surface area (Å²) in [4.78, 5) is 12.3. The van der Waals surface area contributed by atoms with E-state index >= 15 is 0 Å². The number of amides is 1. The monoisotopic (exact) mass is 297 g/mol. The fourth-order valence-corrected chi connectivity index (χ4v) is 3.16. The van der Waals surface area contributed by atoms with E-state index in [1.807, 2.05) is 29.8 Å². The Labute approximate surface area is 131 Å². The van der Waals surface area contributed by atoms with Crippen LogP contribution >= 0.6 is 0 Å². The number of nitrogens with zero attached hydrogens (tertiary/aromatic N) is 2. The number of hydrogen-bond donors (Lipinski definition) is 1. The van der Waals surface area contributed by atoms with Gasteiger partial charge in [-0.25, -0.2) is 0 Å². The molecular formula is C18H23N3O. The third-order valence-electron chi connectivity index (χ3n) is 4.63. The highest BCUT2D eigenvalue weighted by Crippen LogP contribution is 2.47. The molecule has 1 aliphatic carbocycles. The molecular weight excluding hydrogens is 274 g/mol. The van der Waals surface area contributed by atoms with Crippen LogP contribution < -0.4 is 5.32 Å². The van der Waals surface area contributed by atoms with Gasteiger partial charge in [-0.15, -0.1) is 0 Å². The number of aromatic nitrogens is 2. The zero-order chi connectivity index (χ0) is 15.7. The van der Waals surface area contributed by atoms with Gasteiger partial charge >= 0.3 is 0 Å². The van der Waals surface area contributed by atoms with Gasteiger partial charge in [0.05, 0.1) is 5.69 Å². The molecule has 1 N–H and O–H groups in total. The molecule has 0 radical (unpaired) electrons. The first-order valence-electron chi connectivity index (χ1n) is 7.97. The molecule has 22 heavy (non-hydrogen) atoms. The van der Waals surface area contributed by atoms with Crippen molar-refractivity contribution in [2.45, 2.75) is 46.2 Å². The quantitative estimate of drug-likeness (QED) is 0.922. The summed E-state index contributed by atoms with van der Waals surface area (Å²) in [6.07, 6.45) is 0.960. The summed E-state index contributed by atoms with van der Waals surface area (Å²) in [6.45, 7) is 7.59. The van der Waals surface area contributed by atoms with E-state index in [0.717, 1.165) is 29.9 Å². The van der Waals surface area contributed by atoms with Crippen molar-refractivity contribution in [3.05, 3.63) is 52.8 Å². The molecule has 1 aromatic carbocycles. The predicted octanol–water partition coefficient (Wildman–Crippen LogP) is 2.94. The topological polar surface area (TPSA) is 46.9 Å². The highest BCUT2D eigenvalue weighted by atomic mass is 16.2. The minimum absolute atomic E-state index is 0.129. The molecule has 116 valence electrons. The molecule has 0 aliphatic heterocycles. The van der Waals surface area contributed by atoms with Crippen LogP contribution in [0.1, 0.15) is 41.8 Å². The van der Waals surface area contributed by atoms with Crippen LogP contribution in [0.15, 0.2) is 30.3 Å². The van der Waals surface area contributed by atoms with E-state index in [1.54, 1.807) is 0 Å². The average Bonchev–Trinajstić information content (AvgIpc) is 3.28. The number of nitrogens with one attached hydrogen (secondary N) is 1. The van der Waals surface area contributed by atoms with Gasteiger partial charge in [-0.3, -0.25) is 9.48 Å². The number of aryl methyl sites for hydroxylation is 2. The molecule has 1 fully saturated rings. The van der Waals surface area contributed by atoms with Crippen LogP contribution in [0.4, 0.5) is 0 Å². The first-order chi connectivity index (χ1) is 10.6. The zero-order valence-corrected chi connectivity index (χ0v) is 13.5. The molecule has 0 bridgehead atoms. The molecule has 4 heteroatoms. The summed E-state index contributed by atoms with van der Waals surface area (Å²) < 4.78 is 1.99. The SMILES string of the molecule is CCn1nc(C)c(CNC(=O)[C@H]2C[C@H]2c2ccccc2)c1C. The van der Waals surface area contributed by atoms with Gasteiger partial charge in [-0.05, 0) is 38.7 Å². The van der Waals surface area contributed by atoms with Crippen LogP contribution in [-0.4, -0.2) is 15.7 Å². The lowest BCUT2D eigenvalue weighted by atomic mass is 10.1. The first-order valence-corrected chi connectivity index (χ1v) is 7.97. The van der Waals surface area contributed by atoms with E-state index in [2.05, 4.69) is 36.4 Å². The minimum Gasteiger partial charge on any atom is -0.352 e. The molecule has 2 atom stereocenters. The van der Waals surface area contributed by atoms with Crippen molar-refractivity contribution in [1.29, 1.82) is 0 Å². The fraction of sp³-hybridized carbons (Fsp3) is 0.444. The lowest BCUT2D eigenvalue weighted by molar-refractivity contribution is -0.122. The van der Waals surface area contributed by atoms with E-state index < -0.39 is 0 Å². The second-order valence-electron chi connectivity index (χ2n) is 6.04. The third-order valence-corrected chi connectivity index (χ3v) is 4.63. The van der Waals surface area contributed by atoms with Crippen LogP contribution in [0.3, 0.4) is 0 Å². The van der Waals surface area contributed by atoms with Crippen molar-refractivity contribution in [3.8, 4) is 0 Å². The van der Waals surface area contributed by atoms with Gasteiger partial charge < -0.3 is 5.32 Å². The zero-order valence-electron chi connectivity index (χ0n) is 13.5. The van der Waals surface area contributed by atoms with E-state index in [0.29, 0.717) is 12.5 Å². The average molecular weight is 297 g/mol. The van der Waals surface area contributed by atoms with Gasteiger partial charge in [0.1, 0.15) is 0 Å². The smallest absolute Gasteiger partial charge is 0.224 e. The summed E-state index contributed by atoms with van der Waals surface area (Å²) in [5, 5.41) is 7.58. The Hall–Kier alpha value is -2.10. The predicted molar refractivity (Wildman–Crippen MR) is 86.5 cm³/mol. The van der Waals surface area contributed by atoms with Gasteiger partial charge in [-0.1, -0.05) is 30.3 Å². The lowest BCUT2D eigenvalue weighted by Crippen LogP contribution is -2.25. The molecule has 1 aromatic heterocycles. The molecule has 1 heterocycles. The highest BCUT2D eigenvalue weighted by molar-refractivity contribution is 5.82. The van der Waals surface area contributed by atoms with Crippen molar-refractivity contribution in [3.63, 3.8) is 0 Å². The van der Waals surface area contributed by atoms with Crippen LogP contribution in [0.25, 0.3) is 0 Å². The number of rotatable bonds is 5. The van der Waals surface area contributed by atoms with E-state index in [-0.39, 0.29) is 11.8 Å². The van der Waals surface area contributed by atoms with Crippen molar-refractivity contribution in [2.75, 3.05) is 0 Å². The van der Waals surface area contributed by atoms with Crippen LogP contribution in [-0.2, 0) is 17.9 Å². The number of hydrogen-bond acceptors (Lipinski definition) is 2. The molecule has 0 spiro atoms. The summed E-state index contributed by atoms with van der Waals surface area (Å²) in [5.41, 5.74) is 4.58. The van der Waals surface area contributed by atoms with Crippen molar-refractivity contribution >= 4 is 5.91 Å². The third kappa shape index (κ3) is 2.78. The van der Waals surface area contributed by atoms with Crippen LogP contribution in [0.5, 0.6) is 0 Å². The summed E-state index contributed by atoms with van der Waals surface area (Å²) in [7, 11) is 0. The normalized spacial score (nSPS) is 20.0. The Morgan fingerprint density at radius 3 is 2.68 bits per heavy atom. The molecule has 4 nitrogen and oxygen atoms in total. The lowest BCUT2D eigenvalue weighted by Gasteiger charge is -2.06. The first kappa shape index (κ1) is 14.8. The highest BCUT2D eigenvalue weighted by Gasteiger charge is 2.43. The Bertz CT molecular complexity index is 675. The number of carbonyl (C=O) groups excluding carboxylic acids is 1. The van der Waals surface area contributed by atoms with Crippen LogP contribution in [0.2, 0.25) is 0 Å². The van der Waals surface area contributed by atoms with E-state index in [4.69, 9.17) is 0 Å².